The molecule has 0 radical (unpaired) electrons. The molecule has 1 heterocycles. The summed E-state index contributed by atoms with van der Waals surface area (Å²) in [6.07, 6.45) is 1.40. The molecule has 0 spiro atoms. The number of ether oxygens (including phenoxy) is 3. The van der Waals surface area contributed by atoms with Crippen LogP contribution in [0.3, 0.4) is 0 Å². The molecule has 1 aromatic carbocycles. The molecular weight excluding hydrogens is 318 g/mol. The van der Waals surface area contributed by atoms with E-state index in [0.717, 1.165) is 10.5 Å². The Morgan fingerprint density at radius 1 is 1.30 bits per heavy atom. The van der Waals surface area contributed by atoms with E-state index < -0.39 is 17.0 Å². The van der Waals surface area contributed by atoms with Crippen LogP contribution in [0.25, 0.3) is 0 Å². The second-order valence-electron chi connectivity index (χ2n) is 5.43. The Morgan fingerprint density at radius 3 is 2.57 bits per heavy atom. The minimum atomic E-state index is -0.761. The molecule has 1 amide bonds. The molecule has 1 aliphatic heterocycles. The van der Waals surface area contributed by atoms with Gasteiger partial charge in [0, 0.05) is 13.8 Å². The zero-order valence-corrected chi connectivity index (χ0v) is 13.9. The van der Waals surface area contributed by atoms with E-state index in [4.69, 9.17) is 14.2 Å². The van der Waals surface area contributed by atoms with Crippen molar-refractivity contribution in [1.29, 1.82) is 0 Å². The highest BCUT2D eigenvalue weighted by Crippen LogP contribution is 2.22. The first kappa shape index (κ1) is 17.4. The molecule has 0 saturated heterocycles. The first-order chi connectivity index (χ1) is 10.9. The average Bonchev–Trinajstić information content (AvgIpc) is 2.52. The van der Waals surface area contributed by atoms with Crippen LogP contribution in [-0.4, -0.2) is 35.0 Å². The maximum atomic E-state index is 11.9. The zero-order valence-electron chi connectivity index (χ0n) is 13.0. The number of esters is 1. The Balaban J connectivity index is 1.93. The maximum absolute atomic E-state index is 11.9. The van der Waals surface area contributed by atoms with Gasteiger partial charge in [-0.15, -0.1) is 0 Å². The topological polar surface area (TPSA) is 65.1 Å². The number of thiol groups is 1. The number of hydrogen-bond acceptors (Lipinski definition) is 5. The first-order valence-electron chi connectivity index (χ1n) is 7.08. The Morgan fingerprint density at radius 2 is 2.00 bits per heavy atom. The van der Waals surface area contributed by atoms with Crippen LogP contribution in [0.15, 0.2) is 42.3 Å². The van der Waals surface area contributed by atoms with Gasteiger partial charge in [-0.2, -0.15) is 0 Å². The van der Waals surface area contributed by atoms with Gasteiger partial charge in [0.1, 0.15) is 19.4 Å². The number of carbonyl (C=O) groups excluding carboxylic acids is 2. The van der Waals surface area contributed by atoms with Crippen molar-refractivity contribution in [2.24, 2.45) is 0 Å². The lowest BCUT2D eigenvalue weighted by atomic mass is 10.2. The molecule has 7 heteroatoms. The molecule has 2 rings (SSSR count). The van der Waals surface area contributed by atoms with Gasteiger partial charge in [-0.1, -0.05) is 43.0 Å². The van der Waals surface area contributed by atoms with Crippen LogP contribution in [0.2, 0.25) is 0 Å². The van der Waals surface area contributed by atoms with Gasteiger partial charge < -0.3 is 14.2 Å². The molecule has 124 valence electrons. The summed E-state index contributed by atoms with van der Waals surface area (Å²) in [6, 6.07) is 9.29. The van der Waals surface area contributed by atoms with Crippen LogP contribution in [0.1, 0.15) is 19.4 Å². The summed E-state index contributed by atoms with van der Waals surface area (Å²) in [5.41, 5.74) is 1.29. The molecule has 1 aliphatic rings. The molecule has 0 N–H and O–H groups in total. The highest BCUT2D eigenvalue weighted by Gasteiger charge is 2.28. The molecule has 0 aliphatic carbocycles. The fourth-order valence-corrected chi connectivity index (χ4v) is 2.07. The predicted molar refractivity (Wildman–Crippen MR) is 86.5 cm³/mol. The van der Waals surface area contributed by atoms with E-state index in [1.165, 1.54) is 6.26 Å². The predicted octanol–water partition coefficient (Wildman–Crippen LogP) is 2.71. The highest BCUT2D eigenvalue weighted by atomic mass is 32.1. The Labute approximate surface area is 140 Å². The quantitative estimate of drug-likeness (QED) is 0.661. The molecule has 6 nitrogen and oxygen atoms in total. The van der Waals surface area contributed by atoms with Gasteiger partial charge in [0.25, 0.3) is 5.24 Å². The molecule has 1 aromatic rings. The molecule has 23 heavy (non-hydrogen) atoms. The van der Waals surface area contributed by atoms with Crippen LogP contribution < -0.4 is 0 Å². The van der Waals surface area contributed by atoms with Crippen molar-refractivity contribution >= 4 is 23.8 Å². The van der Waals surface area contributed by atoms with Crippen LogP contribution in [0.4, 0.5) is 4.79 Å². The Hall–Kier alpha value is -1.99. The van der Waals surface area contributed by atoms with Crippen LogP contribution in [0.5, 0.6) is 0 Å². The van der Waals surface area contributed by atoms with E-state index in [-0.39, 0.29) is 19.8 Å². The lowest BCUT2D eigenvalue weighted by Crippen LogP contribution is -2.39. The number of carbonyl (C=O) groups is 2. The Bertz CT molecular complexity index is 600. The van der Waals surface area contributed by atoms with Crippen LogP contribution in [0, 0.1) is 0 Å². The monoisotopic (exact) mass is 337 g/mol. The number of benzene rings is 1. The number of amides is 1. The van der Waals surface area contributed by atoms with E-state index in [0.29, 0.717) is 5.70 Å². The standard InChI is InChI=1S/C16H19NO5S/c1-16(2)21-10-13(11-22-16)17(15(19)23)8-14(18)20-9-12-6-4-3-5-7-12/h3-7,10H,8-9,11H2,1-2H3,(H,19,23). The second kappa shape index (κ2) is 7.52. The molecule has 0 unspecified atom stereocenters. The SMILES string of the molecule is CC1(C)OC=C(N(CC(=O)OCc2ccccc2)C(=O)S)CO1. The van der Waals surface area contributed by atoms with Crippen LogP contribution in [-0.2, 0) is 25.6 Å². The second-order valence-corrected chi connectivity index (χ2v) is 5.81. The molecule has 0 aromatic heterocycles. The van der Waals surface area contributed by atoms with E-state index in [9.17, 15) is 9.59 Å². The summed E-state index contributed by atoms with van der Waals surface area (Å²) >= 11 is 3.79. The molecule has 0 atom stereocenters. The van der Waals surface area contributed by atoms with Gasteiger partial charge in [0.2, 0.25) is 5.79 Å². The van der Waals surface area contributed by atoms with E-state index >= 15 is 0 Å². The third-order valence-corrected chi connectivity index (χ3v) is 3.40. The number of rotatable bonds is 5. The molecular formula is C16H19NO5S. The minimum absolute atomic E-state index is 0.144. The fourth-order valence-electron chi connectivity index (χ4n) is 1.87. The van der Waals surface area contributed by atoms with Gasteiger partial charge in [-0.05, 0) is 5.56 Å². The largest absolute Gasteiger partial charge is 0.469 e. The van der Waals surface area contributed by atoms with Gasteiger partial charge in [-0.25, -0.2) is 0 Å². The maximum Gasteiger partial charge on any atom is 0.326 e. The number of hydrogen-bond donors (Lipinski definition) is 1. The lowest BCUT2D eigenvalue weighted by Gasteiger charge is -2.33. The van der Waals surface area contributed by atoms with E-state index in [2.05, 4.69) is 12.6 Å². The number of nitrogens with zero attached hydrogens (tertiary/aromatic N) is 1. The normalized spacial score (nSPS) is 16.0. The lowest BCUT2D eigenvalue weighted by molar-refractivity contribution is -0.193. The minimum Gasteiger partial charge on any atom is -0.469 e. The smallest absolute Gasteiger partial charge is 0.326 e. The molecule has 0 saturated carbocycles. The summed E-state index contributed by atoms with van der Waals surface area (Å²) in [5, 5.41) is -0.584. The van der Waals surface area contributed by atoms with Crippen molar-refractivity contribution in [2.45, 2.75) is 26.2 Å². The van der Waals surface area contributed by atoms with Gasteiger partial charge in [0.05, 0.1) is 12.3 Å². The first-order valence-corrected chi connectivity index (χ1v) is 7.53. The van der Waals surface area contributed by atoms with Crippen molar-refractivity contribution in [1.82, 2.24) is 4.90 Å². The summed E-state index contributed by atoms with van der Waals surface area (Å²) in [7, 11) is 0. The van der Waals surface area contributed by atoms with Crippen molar-refractivity contribution in [3.05, 3.63) is 47.9 Å². The van der Waals surface area contributed by atoms with Gasteiger partial charge >= 0.3 is 5.97 Å². The molecule has 0 bridgehead atoms. The third kappa shape index (κ3) is 5.30. The van der Waals surface area contributed by atoms with Crippen molar-refractivity contribution in [3.8, 4) is 0 Å². The van der Waals surface area contributed by atoms with Crippen molar-refractivity contribution in [2.75, 3.05) is 13.2 Å². The van der Waals surface area contributed by atoms with E-state index in [1.807, 2.05) is 30.3 Å². The van der Waals surface area contributed by atoms with E-state index in [1.54, 1.807) is 13.8 Å². The molecule has 0 fully saturated rings. The van der Waals surface area contributed by atoms with Crippen molar-refractivity contribution < 1.29 is 23.8 Å². The van der Waals surface area contributed by atoms with Crippen molar-refractivity contribution in [3.63, 3.8) is 0 Å². The Kier molecular flexibility index (Phi) is 5.68. The fraction of sp³-hybridized carbons (Fsp3) is 0.375. The summed E-state index contributed by atoms with van der Waals surface area (Å²) in [4.78, 5) is 24.7. The highest BCUT2D eigenvalue weighted by molar-refractivity contribution is 7.96. The van der Waals surface area contributed by atoms with Gasteiger partial charge in [-0.3, -0.25) is 14.5 Å². The average molecular weight is 337 g/mol. The van der Waals surface area contributed by atoms with Crippen LogP contribution >= 0.6 is 12.6 Å². The zero-order chi connectivity index (χ0) is 16.9. The summed E-state index contributed by atoms with van der Waals surface area (Å²) in [6.45, 7) is 3.54. The third-order valence-electron chi connectivity index (χ3n) is 3.15. The summed E-state index contributed by atoms with van der Waals surface area (Å²) in [5.74, 6) is -1.30. The summed E-state index contributed by atoms with van der Waals surface area (Å²) < 4.78 is 16.0. The van der Waals surface area contributed by atoms with Gasteiger partial charge in [0.15, 0.2) is 0 Å².